The quantitative estimate of drug-likeness (QED) is 0.676. The van der Waals surface area contributed by atoms with Crippen LogP contribution < -0.4 is 10.1 Å². The number of nitro groups is 1. The van der Waals surface area contributed by atoms with Crippen molar-refractivity contribution in [3.05, 3.63) is 57.2 Å². The lowest BCUT2D eigenvalue weighted by molar-refractivity contribution is -0.384. The Labute approximate surface area is 120 Å². The van der Waals surface area contributed by atoms with Crippen molar-refractivity contribution in [2.75, 3.05) is 12.4 Å². The fraction of sp³-hybridized carbons (Fsp3) is 0.154. The Balaban J connectivity index is 2.17. The second-order valence-electron chi connectivity index (χ2n) is 3.94. The van der Waals surface area contributed by atoms with Crippen LogP contribution in [0.3, 0.4) is 0 Å². The molecule has 20 heavy (non-hydrogen) atoms. The van der Waals surface area contributed by atoms with Gasteiger partial charge in [0.05, 0.1) is 24.3 Å². The molecule has 0 fully saturated rings. The van der Waals surface area contributed by atoms with E-state index in [9.17, 15) is 10.1 Å². The predicted octanol–water partition coefficient (Wildman–Crippen LogP) is 3.26. The number of nitro benzene ring substituents is 1. The molecule has 0 unspecified atom stereocenters. The first-order valence-corrected chi connectivity index (χ1v) is 6.15. The van der Waals surface area contributed by atoms with Crippen LogP contribution in [0, 0.1) is 10.1 Å². The van der Waals surface area contributed by atoms with Gasteiger partial charge >= 0.3 is 0 Å². The number of hydrogen-bond donors (Lipinski definition) is 1. The standard InChI is InChI=1S/C13H12ClN3O3/c1-20-13-4-2-3-10(16-13)8-15-11-7-9(14)5-6-12(11)17(18)19/h2-7,15H,8H2,1H3. The first kappa shape index (κ1) is 14.1. The van der Waals surface area contributed by atoms with Crippen molar-refractivity contribution in [2.45, 2.75) is 6.54 Å². The molecule has 0 aliphatic rings. The second kappa shape index (κ2) is 6.21. The number of ether oxygens (including phenoxy) is 1. The fourth-order valence-electron chi connectivity index (χ4n) is 1.66. The van der Waals surface area contributed by atoms with Crippen LogP contribution in [0.25, 0.3) is 0 Å². The summed E-state index contributed by atoms with van der Waals surface area (Å²) in [6.07, 6.45) is 0. The van der Waals surface area contributed by atoms with Crippen LogP contribution in [-0.2, 0) is 6.54 Å². The van der Waals surface area contributed by atoms with E-state index >= 15 is 0 Å². The Morgan fingerprint density at radius 2 is 2.20 bits per heavy atom. The Morgan fingerprint density at radius 3 is 2.90 bits per heavy atom. The van der Waals surface area contributed by atoms with Gasteiger partial charge in [-0.2, -0.15) is 0 Å². The van der Waals surface area contributed by atoms with Crippen molar-refractivity contribution in [1.29, 1.82) is 0 Å². The number of hydrogen-bond acceptors (Lipinski definition) is 5. The van der Waals surface area contributed by atoms with Gasteiger partial charge in [-0.1, -0.05) is 17.7 Å². The minimum atomic E-state index is -0.461. The number of methoxy groups -OCH3 is 1. The molecule has 1 N–H and O–H groups in total. The largest absolute Gasteiger partial charge is 0.481 e. The van der Waals surface area contributed by atoms with E-state index in [4.69, 9.17) is 16.3 Å². The van der Waals surface area contributed by atoms with E-state index in [-0.39, 0.29) is 5.69 Å². The highest BCUT2D eigenvalue weighted by atomic mass is 35.5. The smallest absolute Gasteiger partial charge is 0.292 e. The lowest BCUT2D eigenvalue weighted by Gasteiger charge is -2.08. The fourth-order valence-corrected chi connectivity index (χ4v) is 1.84. The number of pyridine rings is 1. The number of nitrogens with one attached hydrogen (secondary N) is 1. The summed E-state index contributed by atoms with van der Waals surface area (Å²) < 4.78 is 5.02. The Kier molecular flexibility index (Phi) is 4.37. The normalized spacial score (nSPS) is 10.1. The van der Waals surface area contributed by atoms with Crippen LogP contribution in [0.4, 0.5) is 11.4 Å². The van der Waals surface area contributed by atoms with Gasteiger partial charge in [-0.3, -0.25) is 10.1 Å². The molecule has 0 spiro atoms. The molecule has 1 aromatic heterocycles. The molecular weight excluding hydrogens is 282 g/mol. The molecule has 0 atom stereocenters. The highest BCUT2D eigenvalue weighted by Crippen LogP contribution is 2.28. The summed E-state index contributed by atoms with van der Waals surface area (Å²) in [6, 6.07) is 9.69. The zero-order chi connectivity index (χ0) is 14.5. The van der Waals surface area contributed by atoms with Crippen molar-refractivity contribution in [1.82, 2.24) is 4.98 Å². The first-order chi connectivity index (χ1) is 9.60. The van der Waals surface area contributed by atoms with Crippen molar-refractivity contribution in [2.24, 2.45) is 0 Å². The molecule has 2 aromatic rings. The molecule has 1 heterocycles. The number of aromatic nitrogens is 1. The molecule has 0 saturated carbocycles. The third-order valence-corrected chi connectivity index (χ3v) is 2.84. The Hall–Kier alpha value is -2.34. The third-order valence-electron chi connectivity index (χ3n) is 2.61. The lowest BCUT2D eigenvalue weighted by Crippen LogP contribution is -2.04. The molecule has 104 valence electrons. The van der Waals surface area contributed by atoms with Gasteiger partial charge in [0.15, 0.2) is 0 Å². The second-order valence-corrected chi connectivity index (χ2v) is 4.38. The van der Waals surface area contributed by atoms with Crippen LogP contribution in [0.2, 0.25) is 5.02 Å². The van der Waals surface area contributed by atoms with E-state index in [1.54, 1.807) is 18.2 Å². The minimum Gasteiger partial charge on any atom is -0.481 e. The maximum absolute atomic E-state index is 10.9. The predicted molar refractivity (Wildman–Crippen MR) is 76.2 cm³/mol. The summed E-state index contributed by atoms with van der Waals surface area (Å²) >= 11 is 5.85. The zero-order valence-corrected chi connectivity index (χ0v) is 11.4. The molecule has 6 nitrogen and oxygen atoms in total. The number of benzene rings is 1. The Bertz CT molecular complexity index is 634. The SMILES string of the molecule is COc1cccc(CNc2cc(Cl)ccc2[N+](=O)[O-])n1. The molecule has 2 rings (SSSR count). The van der Waals surface area contributed by atoms with E-state index in [2.05, 4.69) is 10.3 Å². The number of rotatable bonds is 5. The van der Waals surface area contributed by atoms with Crippen LogP contribution >= 0.6 is 11.6 Å². The molecule has 0 saturated heterocycles. The number of halogens is 1. The van der Waals surface area contributed by atoms with Gasteiger partial charge in [0.2, 0.25) is 5.88 Å². The van der Waals surface area contributed by atoms with E-state index < -0.39 is 4.92 Å². The lowest BCUT2D eigenvalue weighted by atomic mass is 10.2. The van der Waals surface area contributed by atoms with Gasteiger partial charge in [0, 0.05) is 17.2 Å². The monoisotopic (exact) mass is 293 g/mol. The summed E-state index contributed by atoms with van der Waals surface area (Å²) in [6.45, 7) is 0.332. The van der Waals surface area contributed by atoms with E-state index in [1.807, 2.05) is 0 Å². The van der Waals surface area contributed by atoms with Crippen LogP contribution in [-0.4, -0.2) is 17.0 Å². The van der Waals surface area contributed by atoms with Crippen LogP contribution in [0.1, 0.15) is 5.69 Å². The molecule has 0 amide bonds. The number of nitrogens with zero attached hydrogens (tertiary/aromatic N) is 2. The van der Waals surface area contributed by atoms with E-state index in [1.165, 1.54) is 25.3 Å². The maximum Gasteiger partial charge on any atom is 0.292 e. The van der Waals surface area contributed by atoms with Crippen LogP contribution in [0.5, 0.6) is 5.88 Å². The highest BCUT2D eigenvalue weighted by molar-refractivity contribution is 6.31. The molecule has 7 heteroatoms. The zero-order valence-electron chi connectivity index (χ0n) is 10.7. The molecule has 0 bridgehead atoms. The van der Waals surface area contributed by atoms with E-state index in [0.29, 0.717) is 28.8 Å². The third kappa shape index (κ3) is 3.36. The molecular formula is C13H12ClN3O3. The average molecular weight is 294 g/mol. The average Bonchev–Trinajstić information content (AvgIpc) is 2.45. The summed E-state index contributed by atoms with van der Waals surface area (Å²) in [4.78, 5) is 14.7. The van der Waals surface area contributed by atoms with Crippen molar-refractivity contribution in [3.63, 3.8) is 0 Å². The topological polar surface area (TPSA) is 77.3 Å². The molecule has 0 radical (unpaired) electrons. The van der Waals surface area contributed by atoms with Gasteiger partial charge in [-0.15, -0.1) is 0 Å². The van der Waals surface area contributed by atoms with Crippen molar-refractivity contribution in [3.8, 4) is 5.88 Å². The van der Waals surface area contributed by atoms with E-state index in [0.717, 1.165) is 0 Å². The summed E-state index contributed by atoms with van der Waals surface area (Å²) in [5.41, 5.74) is 1.03. The van der Waals surface area contributed by atoms with Gasteiger partial charge in [0.25, 0.3) is 5.69 Å². The molecule has 0 aliphatic carbocycles. The minimum absolute atomic E-state index is 0.0303. The van der Waals surface area contributed by atoms with Gasteiger partial charge in [-0.05, 0) is 18.2 Å². The number of anilines is 1. The highest BCUT2D eigenvalue weighted by Gasteiger charge is 2.13. The van der Waals surface area contributed by atoms with Crippen molar-refractivity contribution >= 4 is 23.0 Å². The Morgan fingerprint density at radius 1 is 1.40 bits per heavy atom. The van der Waals surface area contributed by atoms with Gasteiger partial charge in [-0.25, -0.2) is 4.98 Å². The summed E-state index contributed by atoms with van der Waals surface area (Å²) in [7, 11) is 1.53. The van der Waals surface area contributed by atoms with Gasteiger partial charge in [0.1, 0.15) is 5.69 Å². The van der Waals surface area contributed by atoms with Gasteiger partial charge < -0.3 is 10.1 Å². The molecule has 1 aromatic carbocycles. The first-order valence-electron chi connectivity index (χ1n) is 5.78. The summed E-state index contributed by atoms with van der Waals surface area (Å²) in [5.74, 6) is 0.491. The molecule has 0 aliphatic heterocycles. The summed E-state index contributed by atoms with van der Waals surface area (Å²) in [5, 5.41) is 14.3. The maximum atomic E-state index is 10.9. The van der Waals surface area contributed by atoms with Crippen LogP contribution in [0.15, 0.2) is 36.4 Å². The van der Waals surface area contributed by atoms with Crippen molar-refractivity contribution < 1.29 is 9.66 Å².